The highest BCUT2D eigenvalue weighted by atomic mass is 35.5. The van der Waals surface area contributed by atoms with Gasteiger partial charge in [-0.05, 0) is 0 Å². The number of nitrogens with zero attached hydrogens (tertiary/aromatic N) is 1. The highest BCUT2D eigenvalue weighted by molar-refractivity contribution is 6.34. The second-order valence-electron chi connectivity index (χ2n) is 2.66. The molecule has 82 valence electrons. The van der Waals surface area contributed by atoms with E-state index < -0.39 is 28.5 Å². The maximum atomic E-state index is 12.5. The molecule has 1 rings (SSSR count). The molecule has 0 bridgehead atoms. The molecule has 0 fully saturated rings. The van der Waals surface area contributed by atoms with Crippen molar-refractivity contribution in [2.75, 3.05) is 0 Å². The lowest BCUT2D eigenvalue weighted by atomic mass is 10.1. The van der Waals surface area contributed by atoms with Crippen LogP contribution in [0.3, 0.4) is 0 Å². The van der Waals surface area contributed by atoms with Crippen LogP contribution in [-0.4, -0.2) is 16.1 Å². The molecule has 7 heteroatoms. The number of hydrogen-bond donors (Lipinski definition) is 2. The fourth-order valence-electron chi connectivity index (χ4n) is 1.07. The van der Waals surface area contributed by atoms with Crippen molar-refractivity contribution in [1.29, 1.82) is 0 Å². The van der Waals surface area contributed by atoms with Crippen LogP contribution in [0.15, 0.2) is 6.20 Å². The minimum absolute atomic E-state index is 0.0972. The summed E-state index contributed by atoms with van der Waals surface area (Å²) in [5.74, 6) is -1.40. The van der Waals surface area contributed by atoms with E-state index in [4.69, 9.17) is 22.4 Å². The summed E-state index contributed by atoms with van der Waals surface area (Å²) < 4.78 is 25.1. The summed E-state index contributed by atoms with van der Waals surface area (Å²) in [7, 11) is 0. The number of pyridine rings is 1. The van der Waals surface area contributed by atoms with Gasteiger partial charge in [-0.3, -0.25) is 4.98 Å². The first-order valence-electron chi connectivity index (χ1n) is 3.87. The predicted octanol–water partition coefficient (Wildman–Crippen LogP) is 1.83. The molecule has 0 amide bonds. The van der Waals surface area contributed by atoms with E-state index in [9.17, 15) is 13.6 Å². The van der Waals surface area contributed by atoms with Crippen molar-refractivity contribution in [2.45, 2.75) is 13.0 Å². The number of carboxylic acid groups (broad SMARTS) is 1. The fraction of sp³-hybridized carbons (Fsp3) is 0.250. The van der Waals surface area contributed by atoms with Crippen LogP contribution in [-0.2, 0) is 6.54 Å². The van der Waals surface area contributed by atoms with Crippen LogP contribution in [0.25, 0.3) is 0 Å². The topological polar surface area (TPSA) is 76.2 Å². The lowest BCUT2D eigenvalue weighted by Gasteiger charge is -2.09. The van der Waals surface area contributed by atoms with E-state index in [1.54, 1.807) is 0 Å². The summed E-state index contributed by atoms with van der Waals surface area (Å²) in [6, 6.07) is 0. The third kappa shape index (κ3) is 2.21. The zero-order valence-corrected chi connectivity index (χ0v) is 8.13. The monoisotopic (exact) mass is 236 g/mol. The van der Waals surface area contributed by atoms with Gasteiger partial charge in [-0.2, -0.15) is 0 Å². The average Bonchev–Trinajstić information content (AvgIpc) is 2.15. The van der Waals surface area contributed by atoms with Gasteiger partial charge in [0.25, 0.3) is 6.43 Å². The summed E-state index contributed by atoms with van der Waals surface area (Å²) in [5.41, 5.74) is 4.02. The number of alkyl halides is 2. The van der Waals surface area contributed by atoms with Gasteiger partial charge in [0.15, 0.2) is 0 Å². The first-order chi connectivity index (χ1) is 6.99. The van der Waals surface area contributed by atoms with Crippen LogP contribution in [0, 0.1) is 0 Å². The van der Waals surface area contributed by atoms with Gasteiger partial charge in [-0.1, -0.05) is 11.6 Å². The summed E-state index contributed by atoms with van der Waals surface area (Å²) >= 11 is 5.53. The van der Waals surface area contributed by atoms with Gasteiger partial charge < -0.3 is 10.8 Å². The molecule has 3 N–H and O–H groups in total. The Hall–Kier alpha value is -1.27. The lowest BCUT2D eigenvalue weighted by molar-refractivity contribution is 0.0696. The Morgan fingerprint density at radius 1 is 1.67 bits per heavy atom. The molecule has 0 aromatic carbocycles. The van der Waals surface area contributed by atoms with Crippen LogP contribution in [0.5, 0.6) is 0 Å². The normalized spacial score (nSPS) is 10.7. The first kappa shape index (κ1) is 11.8. The number of carboxylic acids is 1. The predicted molar refractivity (Wildman–Crippen MR) is 49.1 cm³/mol. The zero-order valence-electron chi connectivity index (χ0n) is 7.38. The standard InChI is InChI=1S/C8H7ClF2N2O2/c9-6-3(8(14)15)2-13-4(1-12)5(6)7(10)11/h2,7H,1,12H2,(H,14,15). The van der Waals surface area contributed by atoms with Gasteiger partial charge in [-0.25, -0.2) is 13.6 Å². The van der Waals surface area contributed by atoms with Gasteiger partial charge in [-0.15, -0.1) is 0 Å². The van der Waals surface area contributed by atoms with E-state index in [-0.39, 0.29) is 12.2 Å². The number of nitrogens with two attached hydrogens (primary N) is 1. The van der Waals surface area contributed by atoms with Crippen LogP contribution in [0.2, 0.25) is 5.02 Å². The molecule has 0 spiro atoms. The fourth-order valence-corrected chi connectivity index (χ4v) is 1.40. The molecular formula is C8H7ClF2N2O2. The molecule has 0 aliphatic heterocycles. The van der Waals surface area contributed by atoms with Gasteiger partial charge in [0.2, 0.25) is 0 Å². The van der Waals surface area contributed by atoms with Gasteiger partial charge in [0, 0.05) is 12.7 Å². The number of rotatable bonds is 3. The van der Waals surface area contributed by atoms with E-state index in [0.29, 0.717) is 0 Å². The Morgan fingerprint density at radius 3 is 2.67 bits per heavy atom. The van der Waals surface area contributed by atoms with Crippen molar-refractivity contribution < 1.29 is 18.7 Å². The van der Waals surface area contributed by atoms with Crippen molar-refractivity contribution in [3.8, 4) is 0 Å². The number of hydrogen-bond acceptors (Lipinski definition) is 3. The first-order valence-corrected chi connectivity index (χ1v) is 4.25. The van der Waals surface area contributed by atoms with Crippen molar-refractivity contribution in [2.24, 2.45) is 5.73 Å². The molecule has 0 saturated heterocycles. The summed E-state index contributed by atoms with van der Waals surface area (Å²) in [6.45, 7) is -0.223. The second kappa shape index (κ2) is 4.50. The van der Waals surface area contributed by atoms with Gasteiger partial charge >= 0.3 is 5.97 Å². The number of aromatic carboxylic acids is 1. The molecule has 0 atom stereocenters. The van der Waals surface area contributed by atoms with E-state index in [1.165, 1.54) is 0 Å². The summed E-state index contributed by atoms with van der Waals surface area (Å²) in [6.07, 6.45) is -1.98. The number of carbonyl (C=O) groups is 1. The SMILES string of the molecule is NCc1ncc(C(=O)O)c(Cl)c1C(F)F. The van der Waals surface area contributed by atoms with Gasteiger partial charge in [0.05, 0.1) is 21.8 Å². The van der Waals surface area contributed by atoms with Crippen LogP contribution in [0.1, 0.15) is 28.0 Å². The molecule has 0 aliphatic carbocycles. The third-order valence-electron chi connectivity index (χ3n) is 1.78. The van der Waals surface area contributed by atoms with Crippen molar-refractivity contribution in [1.82, 2.24) is 4.98 Å². The molecule has 0 radical (unpaired) electrons. The van der Waals surface area contributed by atoms with E-state index in [1.807, 2.05) is 0 Å². The molecule has 1 heterocycles. The zero-order chi connectivity index (χ0) is 11.6. The van der Waals surface area contributed by atoms with Crippen molar-refractivity contribution in [3.63, 3.8) is 0 Å². The molecule has 4 nitrogen and oxygen atoms in total. The Morgan fingerprint density at radius 2 is 2.27 bits per heavy atom. The lowest BCUT2D eigenvalue weighted by Crippen LogP contribution is -2.09. The van der Waals surface area contributed by atoms with Gasteiger partial charge in [0.1, 0.15) is 0 Å². The van der Waals surface area contributed by atoms with Crippen molar-refractivity contribution in [3.05, 3.63) is 28.0 Å². The van der Waals surface area contributed by atoms with E-state index in [2.05, 4.69) is 4.98 Å². The largest absolute Gasteiger partial charge is 0.478 e. The molecule has 1 aromatic heterocycles. The smallest absolute Gasteiger partial charge is 0.338 e. The van der Waals surface area contributed by atoms with Crippen LogP contribution >= 0.6 is 11.6 Å². The molecule has 0 saturated carbocycles. The van der Waals surface area contributed by atoms with Crippen LogP contribution < -0.4 is 5.73 Å². The minimum atomic E-state index is -2.90. The van der Waals surface area contributed by atoms with Crippen LogP contribution in [0.4, 0.5) is 8.78 Å². The quantitative estimate of drug-likeness (QED) is 0.839. The number of aromatic nitrogens is 1. The van der Waals surface area contributed by atoms with E-state index >= 15 is 0 Å². The Labute approximate surface area is 88.7 Å². The molecule has 0 aliphatic rings. The third-order valence-corrected chi connectivity index (χ3v) is 2.18. The Balaban J connectivity index is 3.42. The number of halogens is 3. The molecule has 0 unspecified atom stereocenters. The molecule has 1 aromatic rings. The average molecular weight is 237 g/mol. The minimum Gasteiger partial charge on any atom is -0.478 e. The molecule has 15 heavy (non-hydrogen) atoms. The highest BCUT2D eigenvalue weighted by Crippen LogP contribution is 2.31. The Kier molecular flexibility index (Phi) is 3.54. The maximum absolute atomic E-state index is 12.5. The second-order valence-corrected chi connectivity index (χ2v) is 3.03. The van der Waals surface area contributed by atoms with E-state index in [0.717, 1.165) is 6.20 Å². The van der Waals surface area contributed by atoms with Crippen molar-refractivity contribution >= 4 is 17.6 Å². The summed E-state index contributed by atoms with van der Waals surface area (Å²) in [4.78, 5) is 14.1. The highest BCUT2D eigenvalue weighted by Gasteiger charge is 2.22. The molecular weight excluding hydrogens is 230 g/mol. The summed E-state index contributed by atoms with van der Waals surface area (Å²) in [5, 5.41) is 8.13. The maximum Gasteiger partial charge on any atom is 0.338 e. The Bertz CT molecular complexity index is 398.